The fraction of sp³-hybridized carbons (Fsp3) is 0.364. The molecule has 0 radical (unpaired) electrons. The van der Waals surface area contributed by atoms with E-state index in [2.05, 4.69) is 18.9 Å². The van der Waals surface area contributed by atoms with E-state index in [1.807, 2.05) is 22.9 Å². The van der Waals surface area contributed by atoms with Gasteiger partial charge in [0.2, 0.25) is 0 Å². The Hall–Kier alpha value is -1.71. The van der Waals surface area contributed by atoms with Crippen LogP contribution in [0.15, 0.2) is 18.2 Å². The van der Waals surface area contributed by atoms with E-state index in [1.54, 1.807) is 7.11 Å². The minimum atomic E-state index is 0.252. The zero-order valence-corrected chi connectivity index (χ0v) is 9.19. The Bertz CT molecular complexity index is 488. The van der Waals surface area contributed by atoms with Crippen molar-refractivity contribution in [2.24, 2.45) is 0 Å². The van der Waals surface area contributed by atoms with Crippen molar-refractivity contribution in [3.63, 3.8) is 0 Å². The van der Waals surface area contributed by atoms with Gasteiger partial charge < -0.3 is 10.5 Å². The molecule has 1 aromatic heterocycles. The number of nitrogen functional groups attached to an aromatic ring is 1. The molecule has 80 valence electrons. The Labute approximate surface area is 88.6 Å². The van der Waals surface area contributed by atoms with Crippen LogP contribution in [-0.2, 0) is 0 Å². The van der Waals surface area contributed by atoms with Crippen molar-refractivity contribution in [1.29, 1.82) is 0 Å². The Balaban J connectivity index is 2.77. The van der Waals surface area contributed by atoms with E-state index in [0.717, 1.165) is 16.7 Å². The number of fused-ring (bicyclic) bond motifs is 1. The predicted molar refractivity (Wildman–Crippen MR) is 61.1 cm³/mol. The van der Waals surface area contributed by atoms with Gasteiger partial charge in [-0.25, -0.2) is 4.68 Å². The Kier molecular flexibility index (Phi) is 2.26. The van der Waals surface area contributed by atoms with Crippen LogP contribution >= 0.6 is 0 Å². The number of anilines is 1. The van der Waals surface area contributed by atoms with Crippen molar-refractivity contribution < 1.29 is 4.74 Å². The second-order valence-electron chi connectivity index (χ2n) is 3.78. The molecule has 0 spiro atoms. The molecular formula is C11H15N3O. The van der Waals surface area contributed by atoms with Crippen LogP contribution in [-0.4, -0.2) is 16.9 Å². The van der Waals surface area contributed by atoms with E-state index in [-0.39, 0.29) is 6.04 Å². The van der Waals surface area contributed by atoms with E-state index in [0.29, 0.717) is 5.82 Å². The molecule has 0 aliphatic carbocycles. The normalized spacial score (nSPS) is 11.2. The summed E-state index contributed by atoms with van der Waals surface area (Å²) in [4.78, 5) is 0. The number of nitrogens with zero attached hydrogens (tertiary/aromatic N) is 2. The van der Waals surface area contributed by atoms with Crippen LogP contribution < -0.4 is 10.5 Å². The fourth-order valence-corrected chi connectivity index (χ4v) is 1.71. The van der Waals surface area contributed by atoms with Gasteiger partial charge in [0.1, 0.15) is 11.6 Å². The SMILES string of the molecule is COc1cccc2nn(C(C)C)c(N)c12. The molecule has 0 atom stereocenters. The van der Waals surface area contributed by atoms with Crippen molar-refractivity contribution >= 4 is 16.7 Å². The van der Waals surface area contributed by atoms with Crippen LogP contribution in [0.4, 0.5) is 5.82 Å². The topological polar surface area (TPSA) is 53.1 Å². The number of nitrogens with two attached hydrogens (primary N) is 1. The largest absolute Gasteiger partial charge is 0.496 e. The lowest BCUT2D eigenvalue weighted by Gasteiger charge is -2.07. The van der Waals surface area contributed by atoms with Gasteiger partial charge in [-0.05, 0) is 26.0 Å². The van der Waals surface area contributed by atoms with Gasteiger partial charge >= 0.3 is 0 Å². The first kappa shape index (κ1) is 9.83. The first-order valence-corrected chi connectivity index (χ1v) is 4.96. The molecule has 0 saturated carbocycles. The highest BCUT2D eigenvalue weighted by atomic mass is 16.5. The Morgan fingerprint density at radius 1 is 1.40 bits per heavy atom. The molecule has 1 aromatic carbocycles. The Morgan fingerprint density at radius 2 is 2.13 bits per heavy atom. The predicted octanol–water partition coefficient (Wildman–Crippen LogP) is 2.21. The van der Waals surface area contributed by atoms with Gasteiger partial charge in [-0.3, -0.25) is 0 Å². The molecule has 2 aromatic rings. The first-order valence-electron chi connectivity index (χ1n) is 4.96. The summed E-state index contributed by atoms with van der Waals surface area (Å²) in [7, 11) is 1.64. The first-order chi connectivity index (χ1) is 7.15. The summed E-state index contributed by atoms with van der Waals surface area (Å²) < 4.78 is 7.08. The molecule has 0 fully saturated rings. The molecule has 0 aliphatic heterocycles. The minimum absolute atomic E-state index is 0.252. The lowest BCUT2D eigenvalue weighted by atomic mass is 10.2. The van der Waals surface area contributed by atoms with Crippen LogP contribution in [0.25, 0.3) is 10.9 Å². The highest BCUT2D eigenvalue weighted by Gasteiger charge is 2.13. The summed E-state index contributed by atoms with van der Waals surface area (Å²) in [5.74, 6) is 1.44. The zero-order chi connectivity index (χ0) is 11.0. The molecule has 2 rings (SSSR count). The van der Waals surface area contributed by atoms with E-state index in [9.17, 15) is 0 Å². The molecule has 0 bridgehead atoms. The van der Waals surface area contributed by atoms with E-state index in [1.165, 1.54) is 0 Å². The van der Waals surface area contributed by atoms with Gasteiger partial charge in [-0.1, -0.05) is 6.07 Å². The summed E-state index contributed by atoms with van der Waals surface area (Å²) in [6.45, 7) is 4.10. The quantitative estimate of drug-likeness (QED) is 0.817. The number of rotatable bonds is 2. The molecule has 1 heterocycles. The standard InChI is InChI=1S/C11H15N3O/c1-7(2)14-11(12)10-8(13-14)5-4-6-9(10)15-3/h4-7H,12H2,1-3H3. The smallest absolute Gasteiger partial charge is 0.133 e. The highest BCUT2D eigenvalue weighted by molar-refractivity contribution is 5.94. The molecule has 0 saturated heterocycles. The van der Waals surface area contributed by atoms with Crippen molar-refractivity contribution in [3.05, 3.63) is 18.2 Å². The van der Waals surface area contributed by atoms with E-state index >= 15 is 0 Å². The monoisotopic (exact) mass is 205 g/mol. The number of hydrogen-bond acceptors (Lipinski definition) is 3. The van der Waals surface area contributed by atoms with Crippen molar-refractivity contribution in [1.82, 2.24) is 9.78 Å². The van der Waals surface area contributed by atoms with Gasteiger partial charge in [0.05, 0.1) is 18.0 Å². The maximum Gasteiger partial charge on any atom is 0.133 e. The number of benzene rings is 1. The van der Waals surface area contributed by atoms with Gasteiger partial charge in [0.15, 0.2) is 0 Å². The third-order valence-corrected chi connectivity index (χ3v) is 2.43. The maximum absolute atomic E-state index is 6.04. The molecule has 4 nitrogen and oxygen atoms in total. The van der Waals surface area contributed by atoms with Gasteiger partial charge in [-0.2, -0.15) is 5.10 Å². The fourth-order valence-electron chi connectivity index (χ4n) is 1.71. The van der Waals surface area contributed by atoms with Crippen LogP contribution in [0.2, 0.25) is 0 Å². The lowest BCUT2D eigenvalue weighted by molar-refractivity contribution is 0.420. The van der Waals surface area contributed by atoms with Crippen LogP contribution in [0.3, 0.4) is 0 Å². The van der Waals surface area contributed by atoms with Crippen molar-refractivity contribution in [2.45, 2.75) is 19.9 Å². The number of hydrogen-bond donors (Lipinski definition) is 1. The second kappa shape index (κ2) is 3.46. The summed E-state index contributed by atoms with van der Waals surface area (Å²) in [5.41, 5.74) is 6.91. The minimum Gasteiger partial charge on any atom is -0.496 e. The Morgan fingerprint density at radius 3 is 2.73 bits per heavy atom. The van der Waals surface area contributed by atoms with E-state index < -0.39 is 0 Å². The molecule has 15 heavy (non-hydrogen) atoms. The van der Waals surface area contributed by atoms with Gasteiger partial charge in [0, 0.05) is 6.04 Å². The number of ether oxygens (including phenoxy) is 1. The van der Waals surface area contributed by atoms with Gasteiger partial charge in [0.25, 0.3) is 0 Å². The summed E-state index contributed by atoms with van der Waals surface area (Å²) in [6, 6.07) is 6.00. The second-order valence-corrected chi connectivity index (χ2v) is 3.78. The van der Waals surface area contributed by atoms with E-state index in [4.69, 9.17) is 10.5 Å². The lowest BCUT2D eigenvalue weighted by Crippen LogP contribution is -2.06. The number of aromatic nitrogens is 2. The van der Waals surface area contributed by atoms with Crippen molar-refractivity contribution in [2.75, 3.05) is 12.8 Å². The molecule has 0 amide bonds. The molecule has 2 N–H and O–H groups in total. The average molecular weight is 205 g/mol. The third kappa shape index (κ3) is 1.42. The van der Waals surface area contributed by atoms with Crippen LogP contribution in [0.5, 0.6) is 5.75 Å². The highest BCUT2D eigenvalue weighted by Crippen LogP contribution is 2.31. The molecule has 4 heteroatoms. The molecule has 0 aliphatic rings. The third-order valence-electron chi connectivity index (χ3n) is 2.43. The van der Waals surface area contributed by atoms with Crippen LogP contribution in [0.1, 0.15) is 19.9 Å². The zero-order valence-electron chi connectivity index (χ0n) is 9.19. The molecule has 0 unspecified atom stereocenters. The van der Waals surface area contributed by atoms with Gasteiger partial charge in [-0.15, -0.1) is 0 Å². The maximum atomic E-state index is 6.04. The van der Waals surface area contributed by atoms with Crippen molar-refractivity contribution in [3.8, 4) is 5.75 Å². The summed E-state index contributed by atoms with van der Waals surface area (Å²) in [6.07, 6.45) is 0. The molecular weight excluding hydrogens is 190 g/mol. The average Bonchev–Trinajstić information content (AvgIpc) is 2.56. The summed E-state index contributed by atoms with van der Waals surface area (Å²) >= 11 is 0. The summed E-state index contributed by atoms with van der Waals surface area (Å²) in [5, 5.41) is 5.33. The number of methoxy groups -OCH3 is 1. The van der Waals surface area contributed by atoms with Crippen LogP contribution in [0, 0.1) is 0 Å².